The number of carbonyl (C=O) groups excluding carboxylic acids is 2. The Morgan fingerprint density at radius 3 is 2.74 bits per heavy atom. The molecule has 34 heavy (non-hydrogen) atoms. The summed E-state index contributed by atoms with van der Waals surface area (Å²) in [6.07, 6.45) is 8.45. The van der Waals surface area contributed by atoms with Gasteiger partial charge in [0.25, 0.3) is 0 Å². The summed E-state index contributed by atoms with van der Waals surface area (Å²) in [6.45, 7) is 1.98. The number of benzene rings is 1. The van der Waals surface area contributed by atoms with E-state index < -0.39 is 5.97 Å². The van der Waals surface area contributed by atoms with Gasteiger partial charge in [0.15, 0.2) is 0 Å². The Morgan fingerprint density at radius 1 is 1.15 bits per heavy atom. The fourth-order valence-electron chi connectivity index (χ4n) is 4.91. The molecular weight excluding hydrogens is 436 g/mol. The average Bonchev–Trinajstić information content (AvgIpc) is 3.44. The fraction of sp³-hybridized carbons (Fsp3) is 0.600. The topological polar surface area (TPSA) is 112 Å². The molecule has 0 bridgehead atoms. The highest BCUT2D eigenvalue weighted by Gasteiger charge is 2.29. The van der Waals surface area contributed by atoms with Gasteiger partial charge in [0.1, 0.15) is 18.8 Å². The van der Waals surface area contributed by atoms with Crippen molar-refractivity contribution in [3.8, 4) is 5.75 Å². The molecule has 9 nitrogen and oxygen atoms in total. The van der Waals surface area contributed by atoms with Crippen LogP contribution in [0, 0.1) is 5.92 Å². The van der Waals surface area contributed by atoms with Gasteiger partial charge in [-0.1, -0.05) is 31.7 Å². The predicted octanol–water partition coefficient (Wildman–Crippen LogP) is 3.05. The van der Waals surface area contributed by atoms with Crippen LogP contribution in [0.1, 0.15) is 63.4 Å². The van der Waals surface area contributed by atoms with E-state index in [0.29, 0.717) is 44.5 Å². The molecule has 3 aliphatic rings. The van der Waals surface area contributed by atoms with Crippen LogP contribution < -0.4 is 10.1 Å². The Labute approximate surface area is 200 Å². The molecule has 1 aliphatic carbocycles. The smallest absolute Gasteiger partial charge is 0.323 e. The van der Waals surface area contributed by atoms with Crippen LogP contribution in [0.25, 0.3) is 0 Å². The second kappa shape index (κ2) is 11.4. The molecule has 1 saturated carbocycles. The van der Waals surface area contributed by atoms with E-state index in [1.165, 1.54) is 17.7 Å². The quantitative estimate of drug-likeness (QED) is 0.454. The van der Waals surface area contributed by atoms with Gasteiger partial charge in [0, 0.05) is 25.6 Å². The van der Waals surface area contributed by atoms with E-state index in [-0.39, 0.29) is 18.4 Å². The van der Waals surface area contributed by atoms with E-state index in [2.05, 4.69) is 10.3 Å². The van der Waals surface area contributed by atoms with Crippen molar-refractivity contribution >= 4 is 29.4 Å². The second-order valence-corrected chi connectivity index (χ2v) is 9.46. The Morgan fingerprint density at radius 2 is 1.94 bits per heavy atom. The highest BCUT2D eigenvalue weighted by Crippen LogP contribution is 2.31. The molecule has 9 heteroatoms. The number of guanidine groups is 1. The zero-order chi connectivity index (χ0) is 23.9. The summed E-state index contributed by atoms with van der Waals surface area (Å²) < 4.78 is 5.88. The molecule has 184 valence electrons. The molecule has 2 N–H and O–H groups in total. The van der Waals surface area contributed by atoms with E-state index in [9.17, 15) is 14.4 Å². The zero-order valence-electron chi connectivity index (χ0n) is 19.6. The summed E-state index contributed by atoms with van der Waals surface area (Å²) in [4.78, 5) is 43.2. The molecule has 1 saturated heterocycles. The Balaban J connectivity index is 1.13. The molecular formula is C25H34N4O5. The van der Waals surface area contributed by atoms with Gasteiger partial charge < -0.3 is 19.6 Å². The number of carbonyl (C=O) groups is 3. The molecule has 0 radical (unpaired) electrons. The van der Waals surface area contributed by atoms with Gasteiger partial charge in [-0.15, -0.1) is 0 Å². The largest absolute Gasteiger partial charge is 0.494 e. The molecule has 2 amide bonds. The zero-order valence-corrected chi connectivity index (χ0v) is 19.6. The number of carboxylic acid groups (broad SMARTS) is 1. The SMILES string of the molecule is O=C(O)CN(CC1CCCC1)C(=O)CCCCCCOc1ccc2c(c1)N=C1NC(=O)CN1C2. The van der Waals surface area contributed by atoms with E-state index in [0.717, 1.165) is 55.5 Å². The Bertz CT molecular complexity index is 941. The maximum absolute atomic E-state index is 12.5. The highest BCUT2D eigenvalue weighted by molar-refractivity contribution is 6.05. The molecule has 0 spiro atoms. The lowest BCUT2D eigenvalue weighted by molar-refractivity contribution is -0.145. The minimum atomic E-state index is -0.942. The first-order chi connectivity index (χ1) is 16.5. The van der Waals surface area contributed by atoms with E-state index in [1.54, 1.807) is 0 Å². The predicted molar refractivity (Wildman–Crippen MR) is 127 cm³/mol. The van der Waals surface area contributed by atoms with Crippen LogP contribution in [0.15, 0.2) is 23.2 Å². The third-order valence-corrected chi connectivity index (χ3v) is 6.72. The number of nitrogens with one attached hydrogen (secondary N) is 1. The number of ether oxygens (including phenoxy) is 1. The third kappa shape index (κ3) is 6.48. The molecule has 4 rings (SSSR count). The minimum absolute atomic E-state index is 0.0341. The van der Waals surface area contributed by atoms with Crippen molar-refractivity contribution in [3.63, 3.8) is 0 Å². The maximum atomic E-state index is 12.5. The summed E-state index contributed by atoms with van der Waals surface area (Å²) in [7, 11) is 0. The van der Waals surface area contributed by atoms with Gasteiger partial charge >= 0.3 is 5.97 Å². The molecule has 0 aromatic heterocycles. The summed E-state index contributed by atoms with van der Waals surface area (Å²) in [5, 5.41) is 11.9. The number of rotatable bonds is 12. The molecule has 1 aromatic rings. The molecule has 0 unspecified atom stereocenters. The fourth-order valence-corrected chi connectivity index (χ4v) is 4.91. The van der Waals surface area contributed by atoms with Crippen molar-refractivity contribution < 1.29 is 24.2 Å². The summed E-state index contributed by atoms with van der Waals surface area (Å²) in [5.74, 6) is 0.793. The number of fused-ring (bicyclic) bond motifs is 2. The number of nitrogens with zero attached hydrogens (tertiary/aromatic N) is 3. The molecule has 2 heterocycles. The van der Waals surface area contributed by atoms with Crippen molar-refractivity contribution in [3.05, 3.63) is 23.8 Å². The number of aliphatic carboxylic acids is 1. The van der Waals surface area contributed by atoms with Gasteiger partial charge in [-0.25, -0.2) is 4.99 Å². The number of hydrogen-bond acceptors (Lipinski definition) is 6. The third-order valence-electron chi connectivity index (χ3n) is 6.72. The molecule has 0 atom stereocenters. The normalized spacial score (nSPS) is 17.1. The first kappa shape index (κ1) is 24.0. The Kier molecular flexibility index (Phi) is 8.03. The monoisotopic (exact) mass is 470 g/mol. The lowest BCUT2D eigenvalue weighted by Crippen LogP contribution is -2.38. The molecule has 2 fully saturated rings. The van der Waals surface area contributed by atoms with E-state index in [4.69, 9.17) is 9.84 Å². The lowest BCUT2D eigenvalue weighted by Gasteiger charge is -2.24. The van der Waals surface area contributed by atoms with Crippen molar-refractivity contribution in [2.45, 2.75) is 64.3 Å². The first-order valence-electron chi connectivity index (χ1n) is 12.4. The van der Waals surface area contributed by atoms with Crippen LogP contribution in [-0.4, -0.2) is 64.9 Å². The number of hydrogen-bond donors (Lipinski definition) is 2. The van der Waals surface area contributed by atoms with Gasteiger partial charge in [-0.05, 0) is 43.2 Å². The summed E-state index contributed by atoms with van der Waals surface area (Å²) in [5.41, 5.74) is 1.90. The Hall–Kier alpha value is -3.10. The minimum Gasteiger partial charge on any atom is -0.494 e. The van der Waals surface area contributed by atoms with Crippen molar-refractivity contribution in [2.75, 3.05) is 26.2 Å². The van der Waals surface area contributed by atoms with Crippen molar-refractivity contribution in [2.24, 2.45) is 10.9 Å². The van der Waals surface area contributed by atoms with Crippen molar-refractivity contribution in [1.82, 2.24) is 15.1 Å². The average molecular weight is 471 g/mol. The lowest BCUT2D eigenvalue weighted by atomic mass is 10.1. The van der Waals surface area contributed by atoms with Crippen LogP contribution in [0.5, 0.6) is 5.75 Å². The van der Waals surface area contributed by atoms with E-state index >= 15 is 0 Å². The number of amides is 2. The van der Waals surface area contributed by atoms with Crippen LogP contribution in [0.3, 0.4) is 0 Å². The number of unbranched alkanes of at least 4 members (excludes halogenated alkanes) is 3. The molecule has 1 aromatic carbocycles. The second-order valence-electron chi connectivity index (χ2n) is 9.46. The van der Waals surface area contributed by atoms with Gasteiger partial charge in [0.05, 0.1) is 12.3 Å². The van der Waals surface area contributed by atoms with Crippen LogP contribution >= 0.6 is 0 Å². The standard InChI is InChI=1S/C25H34N4O5/c30-22-16-29-15-19-10-11-20(13-21(19)26-25(29)27-22)34-12-6-2-1-3-9-23(31)28(17-24(32)33)14-18-7-4-5-8-18/h10-11,13,18H,1-9,12,14-17H2,(H,32,33)(H,26,27,30). The summed E-state index contributed by atoms with van der Waals surface area (Å²) >= 11 is 0. The highest BCUT2D eigenvalue weighted by atomic mass is 16.5. The maximum Gasteiger partial charge on any atom is 0.323 e. The number of aliphatic imine (C=N–C) groups is 1. The van der Waals surface area contributed by atoms with Crippen LogP contribution in [-0.2, 0) is 20.9 Å². The first-order valence-corrected chi connectivity index (χ1v) is 12.4. The van der Waals surface area contributed by atoms with Gasteiger partial charge in [-0.2, -0.15) is 0 Å². The van der Waals surface area contributed by atoms with Crippen LogP contribution in [0.2, 0.25) is 0 Å². The van der Waals surface area contributed by atoms with Crippen molar-refractivity contribution in [1.29, 1.82) is 0 Å². The van der Waals surface area contributed by atoms with E-state index in [1.807, 2.05) is 23.1 Å². The van der Waals surface area contributed by atoms with Crippen LogP contribution in [0.4, 0.5) is 5.69 Å². The molecule has 2 aliphatic heterocycles. The van der Waals surface area contributed by atoms with Gasteiger partial charge in [0.2, 0.25) is 17.8 Å². The number of carboxylic acids is 1. The van der Waals surface area contributed by atoms with Gasteiger partial charge in [-0.3, -0.25) is 19.7 Å². The summed E-state index contributed by atoms with van der Waals surface area (Å²) in [6, 6.07) is 5.84.